The largest absolute Gasteiger partial charge is 0.411 e. The van der Waals surface area contributed by atoms with Gasteiger partial charge in [0.2, 0.25) is 5.91 Å². The molecule has 20 heavy (non-hydrogen) atoms. The molecule has 1 fully saturated rings. The normalized spacial score (nSPS) is 28.8. The molecule has 0 atom stereocenters. The van der Waals surface area contributed by atoms with Crippen molar-refractivity contribution in [3.05, 3.63) is 11.3 Å². The number of rotatable bonds is 0. The minimum Gasteiger partial charge on any atom is -0.411 e. The van der Waals surface area contributed by atoms with Gasteiger partial charge in [0.05, 0.1) is 11.1 Å². The van der Waals surface area contributed by atoms with Gasteiger partial charge < -0.3 is 10.5 Å². The molecule has 110 valence electrons. The van der Waals surface area contributed by atoms with Crippen molar-refractivity contribution in [2.24, 2.45) is 10.6 Å². The molecule has 0 radical (unpaired) electrons. The predicted molar refractivity (Wildman–Crippen MR) is 77.6 cm³/mol. The zero-order chi connectivity index (χ0) is 14.0. The fourth-order valence-electron chi connectivity index (χ4n) is 4.15. The molecule has 2 N–H and O–H groups in total. The predicted octanol–water partition coefficient (Wildman–Crippen LogP) is 3.51. The second-order valence-electron chi connectivity index (χ2n) is 6.41. The monoisotopic (exact) mass is 276 g/mol. The molecular weight excluding hydrogens is 252 g/mol. The number of allylic oxidation sites excluding steroid dienone is 1. The van der Waals surface area contributed by atoms with Crippen LogP contribution in [0.3, 0.4) is 0 Å². The van der Waals surface area contributed by atoms with E-state index in [1.165, 1.54) is 18.4 Å². The molecule has 3 rings (SSSR count). The van der Waals surface area contributed by atoms with Gasteiger partial charge in [-0.1, -0.05) is 37.3 Å². The number of hydrogen-bond acceptors (Lipinski definition) is 3. The van der Waals surface area contributed by atoms with Crippen molar-refractivity contribution < 1.29 is 10.0 Å². The van der Waals surface area contributed by atoms with E-state index in [9.17, 15) is 10.0 Å². The maximum absolute atomic E-state index is 12.7. The van der Waals surface area contributed by atoms with Gasteiger partial charge in [0, 0.05) is 0 Å². The fraction of sp³-hybridized carbons (Fsp3) is 0.750. The summed E-state index contributed by atoms with van der Waals surface area (Å²) in [5.74, 6) is 0.160. The lowest BCUT2D eigenvalue weighted by molar-refractivity contribution is -0.127. The molecule has 4 heteroatoms. The molecule has 1 heterocycles. The molecule has 3 aliphatic rings. The van der Waals surface area contributed by atoms with E-state index in [0.29, 0.717) is 5.71 Å². The molecule has 4 nitrogen and oxygen atoms in total. The Kier molecular flexibility index (Phi) is 3.81. The highest BCUT2D eigenvalue weighted by Crippen LogP contribution is 2.48. The van der Waals surface area contributed by atoms with E-state index in [1.807, 2.05) is 0 Å². The molecule has 1 amide bonds. The van der Waals surface area contributed by atoms with E-state index in [4.69, 9.17) is 0 Å². The summed E-state index contributed by atoms with van der Waals surface area (Å²) in [5.41, 5.74) is 2.50. The summed E-state index contributed by atoms with van der Waals surface area (Å²) in [4.78, 5) is 12.7. The Bertz CT molecular complexity index is 457. The highest BCUT2D eigenvalue weighted by Gasteiger charge is 2.48. The summed E-state index contributed by atoms with van der Waals surface area (Å²) in [6, 6.07) is 0. The number of oxime groups is 1. The highest BCUT2D eigenvalue weighted by atomic mass is 16.4. The van der Waals surface area contributed by atoms with E-state index in [1.54, 1.807) is 0 Å². The van der Waals surface area contributed by atoms with Crippen LogP contribution in [-0.2, 0) is 4.79 Å². The molecule has 0 aromatic rings. The average Bonchev–Trinajstić information content (AvgIpc) is 2.60. The highest BCUT2D eigenvalue weighted by molar-refractivity contribution is 6.08. The molecule has 0 aromatic carbocycles. The van der Waals surface area contributed by atoms with E-state index < -0.39 is 0 Å². The van der Waals surface area contributed by atoms with Crippen LogP contribution < -0.4 is 5.32 Å². The second-order valence-corrected chi connectivity index (χ2v) is 6.41. The quantitative estimate of drug-likeness (QED) is 0.525. The van der Waals surface area contributed by atoms with Crippen LogP contribution in [0, 0.1) is 5.41 Å². The summed E-state index contributed by atoms with van der Waals surface area (Å²) in [7, 11) is 0. The van der Waals surface area contributed by atoms with Crippen molar-refractivity contribution in [1.29, 1.82) is 0 Å². The number of nitrogens with zero attached hydrogens (tertiary/aromatic N) is 1. The second kappa shape index (κ2) is 5.58. The number of hydrogen-bond donors (Lipinski definition) is 2. The van der Waals surface area contributed by atoms with Crippen molar-refractivity contribution in [1.82, 2.24) is 5.32 Å². The van der Waals surface area contributed by atoms with Crippen LogP contribution in [-0.4, -0.2) is 16.8 Å². The Hall–Kier alpha value is -1.32. The van der Waals surface area contributed by atoms with Crippen LogP contribution in [0.1, 0.15) is 70.6 Å². The maximum atomic E-state index is 12.7. The van der Waals surface area contributed by atoms with Crippen LogP contribution in [0.15, 0.2) is 16.4 Å². The van der Waals surface area contributed by atoms with Gasteiger partial charge in [-0.15, -0.1) is 0 Å². The van der Waals surface area contributed by atoms with Crippen molar-refractivity contribution in [3.63, 3.8) is 0 Å². The number of fused-ring (bicyclic) bond motifs is 1. The van der Waals surface area contributed by atoms with Crippen LogP contribution in [0.5, 0.6) is 0 Å². The SMILES string of the molecule is O=C1NC2=C(CCCCC/C2=N\O)C12CCCCCC2. The summed E-state index contributed by atoms with van der Waals surface area (Å²) >= 11 is 0. The Morgan fingerprint density at radius 2 is 1.60 bits per heavy atom. The Morgan fingerprint density at radius 3 is 2.30 bits per heavy atom. The van der Waals surface area contributed by atoms with Crippen molar-refractivity contribution in [2.75, 3.05) is 0 Å². The summed E-state index contributed by atoms with van der Waals surface area (Å²) in [6.45, 7) is 0. The molecule has 2 aliphatic carbocycles. The van der Waals surface area contributed by atoms with Crippen LogP contribution in [0.4, 0.5) is 0 Å². The first-order valence-corrected chi connectivity index (χ1v) is 8.04. The van der Waals surface area contributed by atoms with Crippen molar-refractivity contribution >= 4 is 11.6 Å². The smallest absolute Gasteiger partial charge is 0.234 e. The maximum Gasteiger partial charge on any atom is 0.234 e. The van der Waals surface area contributed by atoms with E-state index in [-0.39, 0.29) is 11.3 Å². The first-order chi connectivity index (χ1) is 9.78. The van der Waals surface area contributed by atoms with Crippen molar-refractivity contribution in [2.45, 2.75) is 70.6 Å². The Morgan fingerprint density at radius 1 is 0.950 bits per heavy atom. The third kappa shape index (κ3) is 2.15. The lowest BCUT2D eigenvalue weighted by Crippen LogP contribution is -2.34. The number of carbonyl (C=O) groups is 1. The lowest BCUT2D eigenvalue weighted by Gasteiger charge is -2.29. The molecule has 0 saturated heterocycles. The fourth-order valence-corrected chi connectivity index (χ4v) is 4.15. The van der Waals surface area contributed by atoms with Gasteiger partial charge in [-0.2, -0.15) is 0 Å². The van der Waals surface area contributed by atoms with Gasteiger partial charge in [-0.05, 0) is 44.1 Å². The Balaban J connectivity index is 2.03. The average molecular weight is 276 g/mol. The van der Waals surface area contributed by atoms with E-state index in [2.05, 4.69) is 10.5 Å². The lowest BCUT2D eigenvalue weighted by atomic mass is 9.72. The minimum atomic E-state index is -0.293. The topological polar surface area (TPSA) is 61.7 Å². The number of amides is 1. The number of nitrogens with one attached hydrogen (secondary N) is 1. The van der Waals surface area contributed by atoms with Crippen LogP contribution >= 0.6 is 0 Å². The minimum absolute atomic E-state index is 0.160. The number of carbonyl (C=O) groups excluding carboxylic acids is 1. The molecule has 0 aromatic heterocycles. The van der Waals surface area contributed by atoms with Gasteiger partial charge >= 0.3 is 0 Å². The third-order valence-corrected chi connectivity index (χ3v) is 5.26. The van der Waals surface area contributed by atoms with E-state index >= 15 is 0 Å². The summed E-state index contributed by atoms with van der Waals surface area (Å²) in [5, 5.41) is 15.8. The first-order valence-electron chi connectivity index (χ1n) is 8.04. The van der Waals surface area contributed by atoms with Crippen LogP contribution in [0.25, 0.3) is 0 Å². The molecule has 1 spiro atoms. The molecule has 0 unspecified atom stereocenters. The van der Waals surface area contributed by atoms with Gasteiger partial charge in [-0.25, -0.2) is 0 Å². The Labute approximate surface area is 120 Å². The van der Waals surface area contributed by atoms with Crippen LogP contribution in [0.2, 0.25) is 0 Å². The standard InChI is InChI=1S/C16H24N2O2/c19-15-16(10-6-1-2-7-11-16)12-8-4-3-5-9-13(18-20)14(12)17-15/h20H,1-11H2,(H,17,19)/b18-13+. The molecule has 1 aliphatic heterocycles. The summed E-state index contributed by atoms with van der Waals surface area (Å²) < 4.78 is 0. The molecule has 1 saturated carbocycles. The van der Waals surface area contributed by atoms with Gasteiger partial charge in [0.15, 0.2) is 0 Å². The molecule has 0 bridgehead atoms. The van der Waals surface area contributed by atoms with Gasteiger partial charge in [-0.3, -0.25) is 4.79 Å². The summed E-state index contributed by atoms with van der Waals surface area (Å²) in [6.07, 6.45) is 11.8. The molecular formula is C16H24N2O2. The van der Waals surface area contributed by atoms with E-state index in [0.717, 1.165) is 63.5 Å². The zero-order valence-electron chi connectivity index (χ0n) is 12.1. The van der Waals surface area contributed by atoms with Crippen molar-refractivity contribution in [3.8, 4) is 0 Å². The zero-order valence-corrected chi connectivity index (χ0v) is 12.1. The first kappa shape index (κ1) is 13.7. The van der Waals surface area contributed by atoms with Gasteiger partial charge in [0.25, 0.3) is 0 Å². The third-order valence-electron chi connectivity index (χ3n) is 5.26. The van der Waals surface area contributed by atoms with Gasteiger partial charge in [0.1, 0.15) is 5.71 Å².